The van der Waals surface area contributed by atoms with E-state index in [9.17, 15) is 10.1 Å². The summed E-state index contributed by atoms with van der Waals surface area (Å²) in [7, 11) is 0. The topological polar surface area (TPSA) is 111 Å². The van der Waals surface area contributed by atoms with Crippen LogP contribution in [0.5, 0.6) is 0 Å². The summed E-state index contributed by atoms with van der Waals surface area (Å²) in [6.07, 6.45) is 4.64. The summed E-state index contributed by atoms with van der Waals surface area (Å²) in [6, 6.07) is 6.19. The van der Waals surface area contributed by atoms with E-state index < -0.39 is 4.92 Å². The van der Waals surface area contributed by atoms with Gasteiger partial charge in [0.15, 0.2) is 10.9 Å². The molecular weight excluding hydrogens is 280 g/mol. The number of nitro benzene ring substituents is 1. The molecule has 1 heterocycles. The number of non-ortho nitro benzene ring substituents is 1. The minimum Gasteiger partial charge on any atom is -0.375 e. The van der Waals surface area contributed by atoms with Gasteiger partial charge in [0.1, 0.15) is 0 Å². The third kappa shape index (κ3) is 3.14. The fourth-order valence-corrected chi connectivity index (χ4v) is 1.59. The molecule has 2 rings (SSSR count). The minimum atomic E-state index is -0.456. The molecule has 0 bridgehead atoms. The number of rotatable bonds is 4. The highest BCUT2D eigenvalue weighted by molar-refractivity contribution is 7.80. The van der Waals surface area contributed by atoms with Crippen LogP contribution in [0.3, 0.4) is 0 Å². The molecule has 9 heteroatoms. The van der Waals surface area contributed by atoms with E-state index in [1.165, 1.54) is 18.3 Å². The lowest BCUT2D eigenvalue weighted by Gasteiger charge is -2.04. The van der Waals surface area contributed by atoms with E-state index in [0.717, 1.165) is 0 Å². The van der Waals surface area contributed by atoms with Crippen LogP contribution in [0.1, 0.15) is 5.82 Å². The van der Waals surface area contributed by atoms with Gasteiger partial charge >= 0.3 is 0 Å². The lowest BCUT2D eigenvalue weighted by Crippen LogP contribution is -2.24. The normalized spacial score (nSPS) is 10.6. The quantitative estimate of drug-likeness (QED) is 0.375. The molecular formula is C11H10N6O2S. The van der Waals surface area contributed by atoms with Crippen molar-refractivity contribution in [1.82, 2.24) is 15.0 Å². The second-order valence-corrected chi connectivity index (χ2v) is 4.11. The predicted molar refractivity (Wildman–Crippen MR) is 77.7 cm³/mol. The summed E-state index contributed by atoms with van der Waals surface area (Å²) < 4.78 is 1.65. The molecule has 0 saturated heterocycles. The molecule has 0 atom stereocenters. The summed E-state index contributed by atoms with van der Waals surface area (Å²) in [5, 5.41) is 14.6. The van der Waals surface area contributed by atoms with Crippen LogP contribution in [0.4, 0.5) is 5.69 Å². The molecule has 0 spiro atoms. The molecule has 0 aliphatic carbocycles. The maximum atomic E-state index is 10.8. The number of nitrogens with two attached hydrogens (primary N) is 1. The van der Waals surface area contributed by atoms with Crippen LogP contribution in [0.2, 0.25) is 0 Å². The van der Waals surface area contributed by atoms with Gasteiger partial charge in [0.05, 0.1) is 16.8 Å². The summed E-state index contributed by atoms with van der Waals surface area (Å²) >= 11 is 4.61. The predicted octanol–water partition coefficient (Wildman–Crippen LogP) is 0.948. The highest BCUT2D eigenvalue weighted by Crippen LogP contribution is 2.17. The van der Waals surface area contributed by atoms with Gasteiger partial charge in [0, 0.05) is 24.5 Å². The van der Waals surface area contributed by atoms with Crippen molar-refractivity contribution in [2.45, 2.75) is 0 Å². The lowest BCUT2D eigenvalue weighted by molar-refractivity contribution is -0.384. The minimum absolute atomic E-state index is 0.000324. The number of imidazole rings is 1. The van der Waals surface area contributed by atoms with Crippen molar-refractivity contribution in [2.75, 3.05) is 0 Å². The van der Waals surface area contributed by atoms with E-state index in [1.807, 2.05) is 0 Å². The molecule has 0 aliphatic heterocycles. The number of aromatic nitrogens is 2. The highest BCUT2D eigenvalue weighted by Gasteiger charge is 2.08. The molecule has 2 aromatic rings. The smallest absolute Gasteiger partial charge is 0.271 e. The number of nitro groups is 1. The number of nitrogens with zero attached hydrogens (tertiary/aromatic N) is 4. The molecule has 0 aliphatic rings. The van der Waals surface area contributed by atoms with Crippen LogP contribution in [-0.4, -0.2) is 25.8 Å². The third-order valence-corrected chi connectivity index (χ3v) is 2.43. The van der Waals surface area contributed by atoms with Crippen molar-refractivity contribution in [3.8, 4) is 5.69 Å². The number of hydrazone groups is 1. The Morgan fingerprint density at radius 1 is 1.60 bits per heavy atom. The molecule has 0 unspecified atom stereocenters. The van der Waals surface area contributed by atoms with E-state index in [1.54, 1.807) is 29.1 Å². The number of thiocarbonyl (C=S) groups is 1. The zero-order valence-electron chi connectivity index (χ0n) is 10.1. The monoisotopic (exact) mass is 290 g/mol. The first kappa shape index (κ1) is 13.6. The van der Waals surface area contributed by atoms with Crippen LogP contribution in [0, 0.1) is 10.1 Å². The molecule has 102 valence electrons. The zero-order chi connectivity index (χ0) is 14.5. The number of nitrogens with one attached hydrogen (secondary N) is 1. The van der Waals surface area contributed by atoms with Crippen molar-refractivity contribution in [3.05, 3.63) is 52.6 Å². The largest absolute Gasteiger partial charge is 0.375 e. The van der Waals surface area contributed by atoms with Gasteiger partial charge in [-0.2, -0.15) is 5.10 Å². The second kappa shape index (κ2) is 5.89. The molecule has 1 aromatic heterocycles. The average molecular weight is 290 g/mol. The highest BCUT2D eigenvalue weighted by atomic mass is 32.1. The van der Waals surface area contributed by atoms with Gasteiger partial charge in [-0.1, -0.05) is 6.07 Å². The molecule has 3 N–H and O–H groups in total. The fourth-order valence-electron chi connectivity index (χ4n) is 1.54. The molecule has 0 saturated carbocycles. The second-order valence-electron chi connectivity index (χ2n) is 3.67. The Labute approximate surface area is 119 Å². The van der Waals surface area contributed by atoms with Gasteiger partial charge in [-0.25, -0.2) is 4.98 Å². The maximum Gasteiger partial charge on any atom is 0.271 e. The molecule has 0 amide bonds. The van der Waals surface area contributed by atoms with Crippen LogP contribution in [-0.2, 0) is 0 Å². The van der Waals surface area contributed by atoms with E-state index in [4.69, 9.17) is 5.73 Å². The van der Waals surface area contributed by atoms with Crippen molar-refractivity contribution in [3.63, 3.8) is 0 Å². The maximum absolute atomic E-state index is 10.8. The van der Waals surface area contributed by atoms with E-state index in [-0.39, 0.29) is 10.8 Å². The molecule has 0 radical (unpaired) electrons. The van der Waals surface area contributed by atoms with Crippen LogP contribution >= 0.6 is 12.2 Å². The number of hydrogen-bond acceptors (Lipinski definition) is 5. The Kier molecular flexibility index (Phi) is 4.01. The van der Waals surface area contributed by atoms with Crippen LogP contribution in [0.25, 0.3) is 5.69 Å². The zero-order valence-corrected chi connectivity index (χ0v) is 10.9. The van der Waals surface area contributed by atoms with Gasteiger partial charge < -0.3 is 5.73 Å². The molecule has 8 nitrogen and oxygen atoms in total. The first-order chi connectivity index (χ1) is 9.58. The molecule has 0 fully saturated rings. The Balaban J connectivity index is 2.32. The SMILES string of the molecule is NC(=S)NN=Cc1nccn1-c1cccc([N+](=O)[O-])c1. The van der Waals surface area contributed by atoms with Gasteiger partial charge in [-0.05, 0) is 18.3 Å². The Morgan fingerprint density at radius 3 is 3.10 bits per heavy atom. The van der Waals surface area contributed by atoms with E-state index in [0.29, 0.717) is 11.5 Å². The van der Waals surface area contributed by atoms with Crippen molar-refractivity contribution < 1.29 is 4.92 Å². The first-order valence-electron chi connectivity index (χ1n) is 5.44. The Bertz CT molecular complexity index is 681. The Morgan fingerprint density at radius 2 is 2.40 bits per heavy atom. The number of benzene rings is 1. The fraction of sp³-hybridized carbons (Fsp3) is 0. The Hall–Kier alpha value is -2.81. The van der Waals surface area contributed by atoms with Crippen LogP contribution < -0.4 is 11.2 Å². The standard InChI is InChI=1S/C11H10N6O2S/c12-11(20)15-14-7-10-13-4-5-16(10)8-2-1-3-9(6-8)17(18)19/h1-7H,(H3,12,15,20). The summed E-state index contributed by atoms with van der Waals surface area (Å²) in [4.78, 5) is 14.4. The van der Waals surface area contributed by atoms with Gasteiger partial charge in [0.2, 0.25) is 0 Å². The van der Waals surface area contributed by atoms with Gasteiger partial charge in [-0.3, -0.25) is 20.1 Å². The van der Waals surface area contributed by atoms with E-state index >= 15 is 0 Å². The lowest BCUT2D eigenvalue weighted by atomic mass is 10.3. The van der Waals surface area contributed by atoms with Crippen LogP contribution in [0.15, 0.2) is 41.8 Å². The first-order valence-corrected chi connectivity index (χ1v) is 5.85. The van der Waals surface area contributed by atoms with E-state index in [2.05, 4.69) is 27.7 Å². The molecule has 20 heavy (non-hydrogen) atoms. The summed E-state index contributed by atoms with van der Waals surface area (Å²) in [6.45, 7) is 0. The third-order valence-electron chi connectivity index (χ3n) is 2.34. The average Bonchev–Trinajstić information content (AvgIpc) is 2.87. The number of hydrogen-bond donors (Lipinski definition) is 2. The van der Waals surface area contributed by atoms with Gasteiger partial charge in [0.25, 0.3) is 5.69 Å². The van der Waals surface area contributed by atoms with Crippen molar-refractivity contribution in [2.24, 2.45) is 10.8 Å². The summed E-state index contributed by atoms with van der Waals surface area (Å²) in [5.41, 5.74) is 8.25. The van der Waals surface area contributed by atoms with Crippen molar-refractivity contribution in [1.29, 1.82) is 0 Å². The van der Waals surface area contributed by atoms with Gasteiger partial charge in [-0.15, -0.1) is 0 Å². The van der Waals surface area contributed by atoms with Crippen molar-refractivity contribution >= 4 is 29.2 Å². The molecule has 1 aromatic carbocycles. The summed E-state index contributed by atoms with van der Waals surface area (Å²) in [5.74, 6) is 0.481.